The van der Waals surface area contributed by atoms with Crippen LogP contribution in [0.3, 0.4) is 0 Å². The van der Waals surface area contributed by atoms with Gasteiger partial charge in [0, 0.05) is 25.6 Å². The van der Waals surface area contributed by atoms with Crippen LogP contribution in [0.5, 0.6) is 0 Å². The summed E-state index contributed by atoms with van der Waals surface area (Å²) in [7, 11) is 0. The van der Waals surface area contributed by atoms with Crippen molar-refractivity contribution in [3.63, 3.8) is 0 Å². The second-order valence-corrected chi connectivity index (χ2v) is 6.88. The highest BCUT2D eigenvalue weighted by Gasteiger charge is 2.34. The lowest BCUT2D eigenvalue weighted by atomic mass is 9.90. The van der Waals surface area contributed by atoms with E-state index >= 15 is 0 Å². The van der Waals surface area contributed by atoms with Crippen molar-refractivity contribution in [2.24, 2.45) is 0 Å². The van der Waals surface area contributed by atoms with Crippen LogP contribution in [0, 0.1) is 0 Å². The van der Waals surface area contributed by atoms with E-state index in [4.69, 9.17) is 4.74 Å². The van der Waals surface area contributed by atoms with Crippen LogP contribution in [0.15, 0.2) is 4.79 Å². The second kappa shape index (κ2) is 6.16. The smallest absolute Gasteiger partial charge is 0.347 e. The Labute approximate surface area is 131 Å². The molecule has 1 aliphatic carbocycles. The Bertz CT molecular complexity index is 577. The van der Waals surface area contributed by atoms with Gasteiger partial charge in [0.25, 0.3) is 0 Å². The predicted molar refractivity (Wildman–Crippen MR) is 82.7 cm³/mol. The van der Waals surface area contributed by atoms with Gasteiger partial charge in [-0.1, -0.05) is 19.3 Å². The summed E-state index contributed by atoms with van der Waals surface area (Å²) >= 11 is 0. The van der Waals surface area contributed by atoms with Crippen molar-refractivity contribution in [2.75, 3.05) is 13.2 Å². The van der Waals surface area contributed by atoms with Gasteiger partial charge in [0.1, 0.15) is 5.82 Å². The molecular formula is C16H26N4O2. The number of morpholine rings is 1. The zero-order chi connectivity index (χ0) is 14.9. The van der Waals surface area contributed by atoms with Gasteiger partial charge in [-0.05, 0) is 25.7 Å². The number of hydrogen-bond acceptors (Lipinski definition) is 4. The fraction of sp³-hybridized carbons (Fsp3) is 0.875. The number of fused-ring (bicyclic) bond motifs is 2. The van der Waals surface area contributed by atoms with Crippen molar-refractivity contribution in [1.29, 1.82) is 0 Å². The van der Waals surface area contributed by atoms with Crippen molar-refractivity contribution in [3.05, 3.63) is 16.3 Å². The monoisotopic (exact) mass is 306 g/mol. The van der Waals surface area contributed by atoms with Crippen LogP contribution in [0.4, 0.5) is 0 Å². The van der Waals surface area contributed by atoms with E-state index in [0.29, 0.717) is 18.8 Å². The molecule has 0 unspecified atom stereocenters. The van der Waals surface area contributed by atoms with E-state index in [1.54, 1.807) is 4.68 Å². The maximum Gasteiger partial charge on any atom is 0.347 e. The Morgan fingerprint density at radius 3 is 2.95 bits per heavy atom. The molecule has 22 heavy (non-hydrogen) atoms. The average Bonchev–Trinajstić information content (AvgIpc) is 2.73. The summed E-state index contributed by atoms with van der Waals surface area (Å²) < 4.78 is 9.51. The number of nitrogens with zero attached hydrogens (tertiary/aromatic N) is 4. The zero-order valence-electron chi connectivity index (χ0n) is 13.2. The van der Waals surface area contributed by atoms with Crippen LogP contribution in [-0.4, -0.2) is 44.5 Å². The van der Waals surface area contributed by atoms with Gasteiger partial charge < -0.3 is 4.74 Å². The van der Waals surface area contributed by atoms with Crippen molar-refractivity contribution in [1.82, 2.24) is 19.2 Å². The van der Waals surface area contributed by atoms with Crippen molar-refractivity contribution < 1.29 is 4.74 Å². The first kappa shape index (κ1) is 14.5. The van der Waals surface area contributed by atoms with Gasteiger partial charge in [-0.2, -0.15) is 9.78 Å². The third-order valence-electron chi connectivity index (χ3n) is 5.44. The van der Waals surface area contributed by atoms with Gasteiger partial charge in [-0.15, -0.1) is 0 Å². The molecule has 6 nitrogen and oxygen atoms in total. The van der Waals surface area contributed by atoms with Crippen LogP contribution in [-0.2, 0) is 24.4 Å². The summed E-state index contributed by atoms with van der Waals surface area (Å²) in [6.07, 6.45) is 9.65. The SMILES string of the molecule is O=c1n(CN2CCO[C@H]3CCCC[C@H]32)nc2n1CCCCC2. The summed E-state index contributed by atoms with van der Waals surface area (Å²) in [5.74, 6) is 0.982. The molecule has 0 N–H and O–H groups in total. The molecule has 1 saturated heterocycles. The molecule has 1 aromatic heterocycles. The first-order valence-electron chi connectivity index (χ1n) is 8.85. The molecule has 3 heterocycles. The lowest BCUT2D eigenvalue weighted by Gasteiger charge is -2.43. The molecule has 0 radical (unpaired) electrons. The Morgan fingerprint density at radius 2 is 2.00 bits per heavy atom. The van der Waals surface area contributed by atoms with Crippen LogP contribution in [0.25, 0.3) is 0 Å². The molecular weight excluding hydrogens is 280 g/mol. The molecule has 4 rings (SSSR count). The van der Waals surface area contributed by atoms with Gasteiger partial charge in [0.15, 0.2) is 0 Å². The Balaban J connectivity index is 1.54. The number of rotatable bonds is 2. The van der Waals surface area contributed by atoms with Gasteiger partial charge in [0.2, 0.25) is 0 Å². The Morgan fingerprint density at radius 1 is 1.09 bits per heavy atom. The lowest BCUT2D eigenvalue weighted by molar-refractivity contribution is -0.0996. The van der Waals surface area contributed by atoms with Crippen LogP contribution in [0.1, 0.15) is 50.8 Å². The number of aromatic nitrogens is 3. The molecule has 1 saturated carbocycles. The van der Waals surface area contributed by atoms with Crippen molar-refractivity contribution >= 4 is 0 Å². The van der Waals surface area contributed by atoms with E-state index in [1.165, 1.54) is 25.7 Å². The zero-order valence-corrected chi connectivity index (χ0v) is 13.2. The van der Waals surface area contributed by atoms with Gasteiger partial charge in [0.05, 0.1) is 19.4 Å². The summed E-state index contributed by atoms with van der Waals surface area (Å²) in [4.78, 5) is 15.0. The van der Waals surface area contributed by atoms with E-state index in [9.17, 15) is 4.79 Å². The predicted octanol–water partition coefficient (Wildman–Crippen LogP) is 1.37. The molecule has 0 bridgehead atoms. The number of aryl methyl sites for hydroxylation is 1. The second-order valence-electron chi connectivity index (χ2n) is 6.88. The molecule has 0 amide bonds. The first-order chi connectivity index (χ1) is 10.8. The summed E-state index contributed by atoms with van der Waals surface area (Å²) in [6.45, 7) is 3.16. The molecule has 0 spiro atoms. The first-order valence-corrected chi connectivity index (χ1v) is 8.85. The van der Waals surface area contributed by atoms with Crippen molar-refractivity contribution in [2.45, 2.75) is 76.7 Å². The fourth-order valence-corrected chi connectivity index (χ4v) is 4.24. The molecule has 0 aromatic carbocycles. The minimum atomic E-state index is 0.0794. The minimum absolute atomic E-state index is 0.0794. The molecule has 2 atom stereocenters. The summed E-state index contributed by atoms with van der Waals surface area (Å²) in [5, 5.41) is 4.63. The van der Waals surface area contributed by atoms with Gasteiger partial charge in [-0.3, -0.25) is 9.47 Å². The molecule has 2 fully saturated rings. The lowest BCUT2D eigenvalue weighted by Crippen LogP contribution is -2.53. The van der Waals surface area contributed by atoms with Crippen LogP contribution in [0.2, 0.25) is 0 Å². The molecule has 3 aliphatic rings. The summed E-state index contributed by atoms with van der Waals surface area (Å²) in [6, 6.07) is 0.468. The standard InChI is InChI=1S/C16H26N4O2/c21-16-19-9-5-1-2-8-15(19)17-20(16)12-18-10-11-22-14-7-4-3-6-13(14)18/h13-14H,1-12H2/t13-,14+/m1/s1. The van der Waals surface area contributed by atoms with E-state index < -0.39 is 0 Å². The largest absolute Gasteiger partial charge is 0.375 e. The Hall–Kier alpha value is -1.14. The third kappa shape index (κ3) is 2.63. The van der Waals surface area contributed by atoms with Crippen molar-refractivity contribution in [3.8, 4) is 0 Å². The topological polar surface area (TPSA) is 52.3 Å². The minimum Gasteiger partial charge on any atom is -0.375 e. The third-order valence-corrected chi connectivity index (χ3v) is 5.44. The molecule has 2 aliphatic heterocycles. The highest BCUT2D eigenvalue weighted by atomic mass is 16.5. The van der Waals surface area contributed by atoms with E-state index in [0.717, 1.165) is 51.2 Å². The van der Waals surface area contributed by atoms with Gasteiger partial charge >= 0.3 is 5.69 Å². The highest BCUT2D eigenvalue weighted by Crippen LogP contribution is 2.28. The van der Waals surface area contributed by atoms with Crippen LogP contribution >= 0.6 is 0 Å². The van der Waals surface area contributed by atoms with E-state index in [-0.39, 0.29) is 5.69 Å². The number of ether oxygens (including phenoxy) is 1. The van der Waals surface area contributed by atoms with Gasteiger partial charge in [-0.25, -0.2) is 4.79 Å². The maximum absolute atomic E-state index is 12.6. The Kier molecular flexibility index (Phi) is 4.05. The molecule has 1 aromatic rings. The van der Waals surface area contributed by atoms with E-state index in [1.807, 2.05) is 4.57 Å². The number of hydrogen-bond donors (Lipinski definition) is 0. The highest BCUT2D eigenvalue weighted by molar-refractivity contribution is 4.91. The normalized spacial score (nSPS) is 29.6. The summed E-state index contributed by atoms with van der Waals surface area (Å²) in [5.41, 5.74) is 0.0794. The maximum atomic E-state index is 12.6. The average molecular weight is 306 g/mol. The fourth-order valence-electron chi connectivity index (χ4n) is 4.24. The molecule has 122 valence electrons. The molecule has 6 heteroatoms. The van der Waals surface area contributed by atoms with E-state index in [2.05, 4.69) is 10.00 Å². The van der Waals surface area contributed by atoms with Crippen LogP contribution < -0.4 is 5.69 Å². The quantitative estimate of drug-likeness (QED) is 0.828.